The Morgan fingerprint density at radius 3 is 2.28 bits per heavy atom. The molecule has 0 radical (unpaired) electrons. The van der Waals surface area contributed by atoms with Crippen molar-refractivity contribution in [2.24, 2.45) is 0 Å². The summed E-state index contributed by atoms with van der Waals surface area (Å²) in [6.07, 6.45) is 0.590. The van der Waals surface area contributed by atoms with Crippen LogP contribution in [0.4, 0.5) is 4.79 Å². The van der Waals surface area contributed by atoms with E-state index < -0.39 is 29.6 Å². The maximum absolute atomic E-state index is 13.0. The number of nitrogens with zero attached hydrogens (tertiary/aromatic N) is 1. The van der Waals surface area contributed by atoms with Gasteiger partial charge in [-0.3, -0.25) is 4.79 Å². The van der Waals surface area contributed by atoms with E-state index in [0.29, 0.717) is 11.3 Å². The third-order valence-corrected chi connectivity index (χ3v) is 4.81. The SMILES string of the molecule is COc1ccc(C2=CC(=O)N(C(=O)OC(C)(C)C)C(C(=O)OCc3ccccc3)C2)cc1. The van der Waals surface area contributed by atoms with Gasteiger partial charge in [-0.05, 0) is 49.6 Å². The van der Waals surface area contributed by atoms with E-state index >= 15 is 0 Å². The molecule has 1 aliphatic rings. The Kier molecular flexibility index (Phi) is 6.98. The molecule has 32 heavy (non-hydrogen) atoms. The fourth-order valence-corrected chi connectivity index (χ4v) is 3.28. The number of rotatable bonds is 5. The van der Waals surface area contributed by atoms with Crippen LogP contribution in [0.25, 0.3) is 5.57 Å². The molecule has 7 nitrogen and oxygen atoms in total. The molecule has 0 saturated heterocycles. The lowest BCUT2D eigenvalue weighted by atomic mass is 9.94. The van der Waals surface area contributed by atoms with Gasteiger partial charge in [0.25, 0.3) is 5.91 Å². The Labute approximate surface area is 187 Å². The summed E-state index contributed by atoms with van der Waals surface area (Å²) < 4.78 is 16.0. The van der Waals surface area contributed by atoms with Crippen LogP contribution in [0, 0.1) is 0 Å². The number of carbonyl (C=O) groups is 3. The van der Waals surface area contributed by atoms with Crippen molar-refractivity contribution in [1.82, 2.24) is 4.90 Å². The van der Waals surface area contributed by atoms with Gasteiger partial charge in [-0.15, -0.1) is 0 Å². The fourth-order valence-electron chi connectivity index (χ4n) is 3.28. The highest BCUT2D eigenvalue weighted by molar-refractivity contribution is 6.08. The molecule has 168 valence electrons. The smallest absolute Gasteiger partial charge is 0.418 e. The predicted molar refractivity (Wildman–Crippen MR) is 119 cm³/mol. The normalized spacial score (nSPS) is 16.2. The van der Waals surface area contributed by atoms with E-state index in [0.717, 1.165) is 16.0 Å². The molecule has 1 aliphatic heterocycles. The number of esters is 1. The molecule has 2 amide bonds. The number of benzene rings is 2. The van der Waals surface area contributed by atoms with Crippen molar-refractivity contribution >= 4 is 23.5 Å². The van der Waals surface area contributed by atoms with Crippen molar-refractivity contribution in [3.05, 3.63) is 71.8 Å². The molecule has 1 unspecified atom stereocenters. The lowest BCUT2D eigenvalue weighted by Crippen LogP contribution is -2.52. The molecule has 1 heterocycles. The molecule has 0 spiro atoms. The van der Waals surface area contributed by atoms with Gasteiger partial charge in [0, 0.05) is 12.5 Å². The molecule has 2 aromatic carbocycles. The van der Waals surface area contributed by atoms with E-state index in [1.54, 1.807) is 52.1 Å². The molecule has 0 aromatic heterocycles. The van der Waals surface area contributed by atoms with Gasteiger partial charge in [0.1, 0.15) is 24.0 Å². The standard InChI is InChI=1S/C25H27NO6/c1-25(2,3)32-24(29)26-21(23(28)31-16-17-8-6-5-7-9-17)14-19(15-22(26)27)18-10-12-20(30-4)13-11-18/h5-13,15,21H,14,16H2,1-4H3. The lowest BCUT2D eigenvalue weighted by Gasteiger charge is -2.33. The highest BCUT2D eigenvalue weighted by Gasteiger charge is 2.41. The second kappa shape index (κ2) is 9.68. The second-order valence-corrected chi connectivity index (χ2v) is 8.40. The Morgan fingerprint density at radius 1 is 1.03 bits per heavy atom. The Morgan fingerprint density at radius 2 is 1.69 bits per heavy atom. The Hall–Kier alpha value is -3.61. The molecule has 1 atom stereocenters. The van der Waals surface area contributed by atoms with Crippen molar-refractivity contribution < 1.29 is 28.6 Å². The van der Waals surface area contributed by atoms with E-state index in [4.69, 9.17) is 14.2 Å². The summed E-state index contributed by atoms with van der Waals surface area (Å²) >= 11 is 0. The predicted octanol–water partition coefficient (Wildman–Crippen LogP) is 4.36. The fraction of sp³-hybridized carbons (Fsp3) is 0.320. The first-order valence-electron chi connectivity index (χ1n) is 10.3. The highest BCUT2D eigenvalue weighted by atomic mass is 16.6. The first-order chi connectivity index (χ1) is 15.2. The molecule has 0 fully saturated rings. The first-order valence-corrected chi connectivity index (χ1v) is 10.3. The minimum Gasteiger partial charge on any atom is -0.497 e. The zero-order valence-electron chi connectivity index (χ0n) is 18.7. The van der Waals surface area contributed by atoms with Crippen LogP contribution < -0.4 is 4.74 Å². The molecule has 0 bridgehead atoms. The van der Waals surface area contributed by atoms with Gasteiger partial charge in [0.15, 0.2) is 0 Å². The number of imide groups is 1. The Bertz CT molecular complexity index is 1000. The van der Waals surface area contributed by atoms with Crippen LogP contribution in [0.5, 0.6) is 5.75 Å². The van der Waals surface area contributed by atoms with Gasteiger partial charge in [0.05, 0.1) is 7.11 Å². The summed E-state index contributed by atoms with van der Waals surface area (Å²) in [4.78, 5) is 39.5. The summed E-state index contributed by atoms with van der Waals surface area (Å²) in [6.45, 7) is 5.12. The Balaban J connectivity index is 1.87. The third-order valence-electron chi connectivity index (χ3n) is 4.81. The van der Waals surface area contributed by atoms with Crippen LogP contribution in [0.2, 0.25) is 0 Å². The van der Waals surface area contributed by atoms with Crippen molar-refractivity contribution in [3.8, 4) is 5.75 Å². The number of amides is 2. The monoisotopic (exact) mass is 437 g/mol. The van der Waals surface area contributed by atoms with Crippen LogP contribution >= 0.6 is 0 Å². The van der Waals surface area contributed by atoms with Gasteiger partial charge in [-0.25, -0.2) is 14.5 Å². The summed E-state index contributed by atoms with van der Waals surface area (Å²) in [5, 5.41) is 0. The van der Waals surface area contributed by atoms with Crippen molar-refractivity contribution in [2.75, 3.05) is 7.11 Å². The summed E-state index contributed by atoms with van der Waals surface area (Å²) in [7, 11) is 1.57. The van der Waals surface area contributed by atoms with Crippen molar-refractivity contribution in [2.45, 2.75) is 45.4 Å². The molecule has 0 aliphatic carbocycles. The minimum atomic E-state index is -1.14. The molecular weight excluding hydrogens is 410 g/mol. The largest absolute Gasteiger partial charge is 0.497 e. The van der Waals surface area contributed by atoms with Crippen molar-refractivity contribution in [3.63, 3.8) is 0 Å². The maximum atomic E-state index is 13.0. The van der Waals surface area contributed by atoms with Crippen molar-refractivity contribution in [1.29, 1.82) is 0 Å². The van der Waals surface area contributed by atoms with Gasteiger partial charge < -0.3 is 14.2 Å². The molecule has 0 saturated carbocycles. The van der Waals surface area contributed by atoms with Crippen LogP contribution in [0.1, 0.15) is 38.3 Å². The summed E-state index contributed by atoms with van der Waals surface area (Å²) in [6, 6.07) is 15.2. The molecule has 7 heteroatoms. The first kappa shape index (κ1) is 23.1. The lowest BCUT2D eigenvalue weighted by molar-refractivity contribution is -0.154. The van der Waals surface area contributed by atoms with Gasteiger partial charge in [-0.2, -0.15) is 0 Å². The van der Waals surface area contributed by atoms with E-state index in [1.807, 2.05) is 30.3 Å². The average molecular weight is 437 g/mol. The van der Waals surface area contributed by atoms with Crippen LogP contribution in [-0.2, 0) is 25.7 Å². The number of methoxy groups -OCH3 is 1. The van der Waals surface area contributed by atoms with E-state index in [9.17, 15) is 14.4 Å². The average Bonchev–Trinajstić information content (AvgIpc) is 2.76. The maximum Gasteiger partial charge on any atom is 0.418 e. The zero-order valence-corrected chi connectivity index (χ0v) is 18.7. The minimum absolute atomic E-state index is 0.0358. The van der Waals surface area contributed by atoms with Crippen LogP contribution in [0.15, 0.2) is 60.7 Å². The highest BCUT2D eigenvalue weighted by Crippen LogP contribution is 2.30. The molecule has 2 aromatic rings. The number of carbonyl (C=O) groups excluding carboxylic acids is 3. The quantitative estimate of drug-likeness (QED) is 0.647. The topological polar surface area (TPSA) is 82.1 Å². The summed E-state index contributed by atoms with van der Waals surface area (Å²) in [5.41, 5.74) is 1.36. The second-order valence-electron chi connectivity index (χ2n) is 8.40. The molecular formula is C25H27NO6. The number of hydrogen-bond acceptors (Lipinski definition) is 6. The van der Waals surface area contributed by atoms with Crippen LogP contribution in [-0.4, -0.2) is 41.6 Å². The van der Waals surface area contributed by atoms with Gasteiger partial charge in [-0.1, -0.05) is 42.5 Å². The van der Waals surface area contributed by atoms with Crippen LogP contribution in [0.3, 0.4) is 0 Å². The van der Waals surface area contributed by atoms with E-state index in [-0.39, 0.29) is 13.0 Å². The van der Waals surface area contributed by atoms with E-state index in [2.05, 4.69) is 0 Å². The van der Waals surface area contributed by atoms with Gasteiger partial charge >= 0.3 is 12.1 Å². The third kappa shape index (κ3) is 5.75. The number of ether oxygens (including phenoxy) is 3. The van der Waals surface area contributed by atoms with E-state index in [1.165, 1.54) is 6.08 Å². The van der Waals surface area contributed by atoms with Gasteiger partial charge in [0.2, 0.25) is 0 Å². The zero-order chi connectivity index (χ0) is 23.3. The number of hydrogen-bond donors (Lipinski definition) is 0. The summed E-state index contributed by atoms with van der Waals surface area (Å²) in [5.74, 6) is -0.629. The molecule has 0 N–H and O–H groups in total. The molecule has 3 rings (SSSR count).